The zero-order chi connectivity index (χ0) is 9.68. The zero-order valence-electron chi connectivity index (χ0n) is 8.09. The van der Waals surface area contributed by atoms with Crippen molar-refractivity contribution in [2.75, 3.05) is 13.1 Å². The molecule has 72 valence electrons. The SMILES string of the molecule is C=CCC(=C)C(=O)N1CCCCC1. The van der Waals surface area contributed by atoms with Crippen LogP contribution in [0.3, 0.4) is 0 Å². The molecule has 13 heavy (non-hydrogen) atoms. The van der Waals surface area contributed by atoms with Gasteiger partial charge in [-0.3, -0.25) is 4.79 Å². The van der Waals surface area contributed by atoms with Crippen LogP contribution in [0.1, 0.15) is 25.7 Å². The van der Waals surface area contributed by atoms with E-state index in [-0.39, 0.29) is 5.91 Å². The second-order valence-electron chi connectivity index (χ2n) is 3.45. The fraction of sp³-hybridized carbons (Fsp3) is 0.545. The first-order valence-corrected chi connectivity index (χ1v) is 4.83. The first kappa shape index (κ1) is 10.0. The van der Waals surface area contributed by atoms with Crippen molar-refractivity contribution in [3.63, 3.8) is 0 Å². The largest absolute Gasteiger partial charge is 0.339 e. The van der Waals surface area contributed by atoms with Crippen LogP contribution in [0.15, 0.2) is 24.8 Å². The van der Waals surface area contributed by atoms with Gasteiger partial charge in [-0.2, -0.15) is 0 Å². The van der Waals surface area contributed by atoms with Gasteiger partial charge in [0.15, 0.2) is 0 Å². The third kappa shape index (κ3) is 2.72. The molecule has 0 saturated carbocycles. The van der Waals surface area contributed by atoms with E-state index in [2.05, 4.69) is 13.2 Å². The lowest BCUT2D eigenvalue weighted by Gasteiger charge is -2.27. The van der Waals surface area contributed by atoms with Crippen molar-refractivity contribution in [1.29, 1.82) is 0 Å². The summed E-state index contributed by atoms with van der Waals surface area (Å²) in [6, 6.07) is 0. The Morgan fingerprint density at radius 2 is 1.92 bits per heavy atom. The first-order chi connectivity index (χ1) is 6.25. The average Bonchev–Trinajstić information content (AvgIpc) is 2.18. The monoisotopic (exact) mass is 179 g/mol. The summed E-state index contributed by atoms with van der Waals surface area (Å²) in [4.78, 5) is 13.6. The molecule has 0 unspecified atom stereocenters. The highest BCUT2D eigenvalue weighted by Crippen LogP contribution is 2.12. The van der Waals surface area contributed by atoms with Crippen LogP contribution in [0.2, 0.25) is 0 Å². The van der Waals surface area contributed by atoms with Gasteiger partial charge in [0.2, 0.25) is 5.91 Å². The van der Waals surface area contributed by atoms with Gasteiger partial charge in [-0.15, -0.1) is 6.58 Å². The molecule has 2 heteroatoms. The Kier molecular flexibility index (Phi) is 3.74. The number of nitrogens with zero attached hydrogens (tertiary/aromatic N) is 1. The highest BCUT2D eigenvalue weighted by Gasteiger charge is 2.17. The number of carbonyl (C=O) groups is 1. The molecule has 1 heterocycles. The lowest BCUT2D eigenvalue weighted by atomic mass is 10.1. The standard InChI is InChI=1S/C11H17NO/c1-3-7-10(2)11(13)12-8-5-4-6-9-12/h3H,1-2,4-9H2. The minimum absolute atomic E-state index is 0.111. The molecule has 1 fully saturated rings. The number of hydrogen-bond acceptors (Lipinski definition) is 1. The third-order valence-electron chi connectivity index (χ3n) is 2.34. The van der Waals surface area contributed by atoms with Crippen LogP contribution in [-0.2, 0) is 4.79 Å². The summed E-state index contributed by atoms with van der Waals surface area (Å²) in [5.74, 6) is 0.111. The van der Waals surface area contributed by atoms with Crippen LogP contribution in [-0.4, -0.2) is 23.9 Å². The predicted molar refractivity (Wildman–Crippen MR) is 54.4 cm³/mol. The summed E-state index contributed by atoms with van der Waals surface area (Å²) in [6.07, 6.45) is 5.84. The molecule has 0 N–H and O–H groups in total. The number of rotatable bonds is 3. The highest BCUT2D eigenvalue weighted by molar-refractivity contribution is 5.93. The molecule has 2 nitrogen and oxygen atoms in total. The molecule has 0 bridgehead atoms. The molecular formula is C11H17NO. The quantitative estimate of drug-likeness (QED) is 0.480. The van der Waals surface area contributed by atoms with Crippen LogP contribution in [0.25, 0.3) is 0 Å². The van der Waals surface area contributed by atoms with Crippen molar-refractivity contribution in [1.82, 2.24) is 4.90 Å². The molecule has 1 aliphatic rings. The number of amides is 1. The Morgan fingerprint density at radius 1 is 1.31 bits per heavy atom. The van der Waals surface area contributed by atoms with E-state index < -0.39 is 0 Å². The fourth-order valence-corrected chi connectivity index (χ4v) is 1.58. The summed E-state index contributed by atoms with van der Waals surface area (Å²) in [5.41, 5.74) is 0.664. The summed E-state index contributed by atoms with van der Waals surface area (Å²) < 4.78 is 0. The van der Waals surface area contributed by atoms with Crippen molar-refractivity contribution < 1.29 is 4.79 Å². The molecule has 0 aromatic rings. The maximum atomic E-state index is 11.7. The van der Waals surface area contributed by atoms with Gasteiger partial charge in [-0.1, -0.05) is 12.7 Å². The van der Waals surface area contributed by atoms with E-state index in [0.717, 1.165) is 25.9 Å². The Hall–Kier alpha value is -1.05. The van der Waals surface area contributed by atoms with Crippen LogP contribution in [0, 0.1) is 0 Å². The van der Waals surface area contributed by atoms with E-state index in [1.54, 1.807) is 6.08 Å². The summed E-state index contributed by atoms with van der Waals surface area (Å²) in [6.45, 7) is 9.15. The lowest BCUT2D eigenvalue weighted by Crippen LogP contribution is -2.36. The van der Waals surface area contributed by atoms with Gasteiger partial charge < -0.3 is 4.90 Å². The molecule has 0 aliphatic carbocycles. The summed E-state index contributed by atoms with van der Waals surface area (Å²) in [7, 11) is 0. The zero-order valence-corrected chi connectivity index (χ0v) is 8.09. The van der Waals surface area contributed by atoms with E-state index in [9.17, 15) is 4.79 Å². The topological polar surface area (TPSA) is 20.3 Å². The maximum Gasteiger partial charge on any atom is 0.249 e. The molecule has 1 amide bonds. The lowest BCUT2D eigenvalue weighted by molar-refractivity contribution is -0.128. The van der Waals surface area contributed by atoms with Crippen molar-refractivity contribution in [2.45, 2.75) is 25.7 Å². The van der Waals surface area contributed by atoms with Gasteiger partial charge in [0, 0.05) is 18.7 Å². The summed E-state index contributed by atoms with van der Waals surface area (Å²) >= 11 is 0. The van der Waals surface area contributed by atoms with E-state index in [1.165, 1.54) is 6.42 Å². The van der Waals surface area contributed by atoms with Gasteiger partial charge >= 0.3 is 0 Å². The molecule has 0 spiro atoms. The number of likely N-dealkylation sites (tertiary alicyclic amines) is 1. The molecule has 1 aliphatic heterocycles. The number of piperidine rings is 1. The number of allylic oxidation sites excluding steroid dienone is 1. The Bertz CT molecular complexity index is 214. The van der Waals surface area contributed by atoms with Gasteiger partial charge in [0.05, 0.1) is 0 Å². The predicted octanol–water partition coefficient (Wildman–Crippen LogP) is 2.13. The Morgan fingerprint density at radius 3 is 2.46 bits per heavy atom. The van der Waals surface area contributed by atoms with Crippen LogP contribution in [0.5, 0.6) is 0 Å². The van der Waals surface area contributed by atoms with Crippen LogP contribution in [0.4, 0.5) is 0 Å². The molecule has 1 saturated heterocycles. The molecule has 0 aromatic carbocycles. The van der Waals surface area contributed by atoms with Crippen molar-refractivity contribution >= 4 is 5.91 Å². The fourth-order valence-electron chi connectivity index (χ4n) is 1.58. The number of hydrogen-bond donors (Lipinski definition) is 0. The molecular weight excluding hydrogens is 162 g/mol. The van der Waals surface area contributed by atoms with E-state index >= 15 is 0 Å². The van der Waals surface area contributed by atoms with Crippen molar-refractivity contribution in [3.05, 3.63) is 24.8 Å². The summed E-state index contributed by atoms with van der Waals surface area (Å²) in [5, 5.41) is 0. The molecule has 0 atom stereocenters. The minimum Gasteiger partial charge on any atom is -0.339 e. The van der Waals surface area contributed by atoms with Crippen molar-refractivity contribution in [2.24, 2.45) is 0 Å². The molecule has 1 rings (SSSR count). The molecule has 0 radical (unpaired) electrons. The van der Waals surface area contributed by atoms with Gasteiger partial charge in [-0.25, -0.2) is 0 Å². The Labute approximate surface area is 79.9 Å². The number of carbonyl (C=O) groups excluding carboxylic acids is 1. The second kappa shape index (κ2) is 4.85. The normalized spacial score (nSPS) is 16.8. The van der Waals surface area contributed by atoms with Gasteiger partial charge in [0.1, 0.15) is 0 Å². The molecule has 0 aromatic heterocycles. The smallest absolute Gasteiger partial charge is 0.249 e. The van der Waals surface area contributed by atoms with Gasteiger partial charge in [0.25, 0.3) is 0 Å². The average molecular weight is 179 g/mol. The van der Waals surface area contributed by atoms with E-state index in [0.29, 0.717) is 12.0 Å². The van der Waals surface area contributed by atoms with Gasteiger partial charge in [-0.05, 0) is 25.7 Å². The minimum atomic E-state index is 0.111. The van der Waals surface area contributed by atoms with Crippen LogP contribution >= 0.6 is 0 Å². The third-order valence-corrected chi connectivity index (χ3v) is 2.34. The second-order valence-corrected chi connectivity index (χ2v) is 3.45. The highest BCUT2D eigenvalue weighted by atomic mass is 16.2. The Balaban J connectivity index is 2.45. The maximum absolute atomic E-state index is 11.7. The van der Waals surface area contributed by atoms with Crippen molar-refractivity contribution in [3.8, 4) is 0 Å². The van der Waals surface area contributed by atoms with E-state index in [1.807, 2.05) is 4.90 Å². The van der Waals surface area contributed by atoms with Crippen LogP contribution < -0.4 is 0 Å². The van der Waals surface area contributed by atoms with E-state index in [4.69, 9.17) is 0 Å². The first-order valence-electron chi connectivity index (χ1n) is 4.83.